The van der Waals surface area contributed by atoms with E-state index in [0.29, 0.717) is 5.69 Å². The fourth-order valence-corrected chi connectivity index (χ4v) is 2.77. The van der Waals surface area contributed by atoms with E-state index in [1.54, 1.807) is 0 Å². The number of amidine groups is 1. The van der Waals surface area contributed by atoms with Gasteiger partial charge >= 0.3 is 0 Å². The molecule has 3 aromatic carbocycles. The molecule has 0 bridgehead atoms. The Morgan fingerprint density at radius 2 is 1.46 bits per heavy atom. The minimum atomic E-state index is -0.417. The number of benzene rings is 3. The molecule has 0 spiro atoms. The largest absolute Gasteiger partial charge is 0.384 e. The quantitative estimate of drug-likeness (QED) is 0.373. The Morgan fingerprint density at radius 3 is 2.00 bits per heavy atom. The summed E-state index contributed by atoms with van der Waals surface area (Å²) < 4.78 is 12.9. The van der Waals surface area contributed by atoms with Crippen LogP contribution >= 0.6 is 0 Å². The first-order valence-electron chi connectivity index (χ1n) is 8.74. The first-order valence-corrected chi connectivity index (χ1v) is 8.74. The van der Waals surface area contributed by atoms with Crippen molar-refractivity contribution in [2.75, 3.05) is 11.9 Å². The van der Waals surface area contributed by atoms with Crippen molar-refractivity contribution in [2.45, 2.75) is 5.92 Å². The van der Waals surface area contributed by atoms with E-state index in [-0.39, 0.29) is 24.2 Å². The minimum absolute atomic E-state index is 0.243. The number of anilines is 1. The van der Waals surface area contributed by atoms with Gasteiger partial charge in [0.15, 0.2) is 12.4 Å². The molecule has 0 atom stereocenters. The van der Waals surface area contributed by atoms with E-state index in [4.69, 9.17) is 10.6 Å². The summed E-state index contributed by atoms with van der Waals surface area (Å²) in [5.74, 6) is -0.840. The number of carbonyl (C=O) groups excluding carboxylic acids is 1. The SMILES string of the molecule is N/C(=N/OCC(=O)Nc1ccc(F)cc1)C(c1ccccc1)c1ccccc1. The van der Waals surface area contributed by atoms with E-state index >= 15 is 0 Å². The van der Waals surface area contributed by atoms with E-state index in [1.165, 1.54) is 24.3 Å². The van der Waals surface area contributed by atoms with E-state index in [0.717, 1.165) is 11.1 Å². The normalized spacial score (nSPS) is 11.3. The average molecular weight is 377 g/mol. The van der Waals surface area contributed by atoms with Crippen LogP contribution in [0.1, 0.15) is 17.0 Å². The number of nitrogens with one attached hydrogen (secondary N) is 1. The highest BCUT2D eigenvalue weighted by Crippen LogP contribution is 2.24. The van der Waals surface area contributed by atoms with Gasteiger partial charge in [-0.15, -0.1) is 0 Å². The molecule has 0 aromatic heterocycles. The Kier molecular flexibility index (Phi) is 6.36. The summed E-state index contributed by atoms with van der Waals surface area (Å²) in [4.78, 5) is 17.1. The maximum Gasteiger partial charge on any atom is 0.265 e. The third kappa shape index (κ3) is 5.17. The Bertz CT molecular complexity index is 890. The maximum atomic E-state index is 12.9. The van der Waals surface area contributed by atoms with Gasteiger partial charge in [-0.1, -0.05) is 65.8 Å². The summed E-state index contributed by atoms with van der Waals surface area (Å²) in [7, 11) is 0. The van der Waals surface area contributed by atoms with Crippen LogP contribution in [0.5, 0.6) is 0 Å². The molecule has 28 heavy (non-hydrogen) atoms. The van der Waals surface area contributed by atoms with Gasteiger partial charge in [-0.2, -0.15) is 0 Å². The first-order chi connectivity index (χ1) is 13.6. The fourth-order valence-electron chi connectivity index (χ4n) is 2.77. The number of halogens is 1. The highest BCUT2D eigenvalue weighted by atomic mass is 19.1. The molecular weight excluding hydrogens is 357 g/mol. The van der Waals surface area contributed by atoms with Crippen molar-refractivity contribution in [2.24, 2.45) is 10.9 Å². The lowest BCUT2D eigenvalue weighted by molar-refractivity contribution is -0.120. The number of hydrogen-bond acceptors (Lipinski definition) is 3. The Morgan fingerprint density at radius 1 is 0.929 bits per heavy atom. The molecule has 0 saturated carbocycles. The molecule has 1 amide bonds. The lowest BCUT2D eigenvalue weighted by atomic mass is 9.90. The topological polar surface area (TPSA) is 76.7 Å². The molecule has 0 aliphatic heterocycles. The molecule has 3 rings (SSSR count). The standard InChI is InChI=1S/C22H20FN3O2/c23-18-11-13-19(14-12-18)25-20(27)15-28-26-22(24)21(16-7-3-1-4-8-16)17-9-5-2-6-10-17/h1-14,21H,15H2,(H2,24,26)(H,25,27). The molecule has 142 valence electrons. The van der Waals surface area contributed by atoms with Crippen LogP contribution in [0.25, 0.3) is 0 Å². The number of nitrogens with two attached hydrogens (primary N) is 1. The van der Waals surface area contributed by atoms with E-state index in [9.17, 15) is 9.18 Å². The van der Waals surface area contributed by atoms with Crippen molar-refractivity contribution >= 4 is 17.4 Å². The Labute approximate surface area is 162 Å². The van der Waals surface area contributed by atoms with Gasteiger partial charge in [0.1, 0.15) is 5.82 Å². The van der Waals surface area contributed by atoms with Crippen LogP contribution < -0.4 is 11.1 Å². The van der Waals surface area contributed by atoms with Crippen molar-refractivity contribution in [3.63, 3.8) is 0 Å². The van der Waals surface area contributed by atoms with Crippen LogP contribution in [0.2, 0.25) is 0 Å². The average Bonchev–Trinajstić information content (AvgIpc) is 2.71. The highest BCUT2D eigenvalue weighted by Gasteiger charge is 2.19. The highest BCUT2D eigenvalue weighted by molar-refractivity contribution is 5.92. The smallest absolute Gasteiger partial charge is 0.265 e. The van der Waals surface area contributed by atoms with Crippen molar-refractivity contribution in [3.8, 4) is 0 Å². The molecule has 0 aliphatic carbocycles. The second-order valence-corrected chi connectivity index (χ2v) is 6.10. The van der Waals surface area contributed by atoms with Crippen LogP contribution in [-0.2, 0) is 9.63 Å². The van der Waals surface area contributed by atoms with Crippen LogP contribution in [0.15, 0.2) is 90.1 Å². The zero-order valence-corrected chi connectivity index (χ0v) is 15.1. The minimum Gasteiger partial charge on any atom is -0.384 e. The van der Waals surface area contributed by atoms with Gasteiger partial charge in [-0.05, 0) is 35.4 Å². The van der Waals surface area contributed by atoms with Crippen molar-refractivity contribution in [3.05, 3.63) is 102 Å². The van der Waals surface area contributed by atoms with E-state index < -0.39 is 5.91 Å². The maximum absolute atomic E-state index is 12.9. The summed E-state index contributed by atoms with van der Waals surface area (Å²) >= 11 is 0. The molecule has 3 aromatic rings. The number of carbonyl (C=O) groups is 1. The van der Waals surface area contributed by atoms with Crippen LogP contribution in [0, 0.1) is 5.82 Å². The molecule has 0 fully saturated rings. The van der Waals surface area contributed by atoms with Gasteiger partial charge in [0.2, 0.25) is 0 Å². The van der Waals surface area contributed by atoms with E-state index in [1.807, 2.05) is 60.7 Å². The Hall–Kier alpha value is -3.67. The molecule has 0 unspecified atom stereocenters. The van der Waals surface area contributed by atoms with Gasteiger partial charge in [0.25, 0.3) is 5.91 Å². The molecule has 6 heteroatoms. The van der Waals surface area contributed by atoms with Crippen molar-refractivity contribution in [1.82, 2.24) is 0 Å². The molecule has 0 heterocycles. The van der Waals surface area contributed by atoms with Gasteiger partial charge in [0.05, 0.1) is 5.92 Å². The number of oxime groups is 1. The summed E-state index contributed by atoms with van der Waals surface area (Å²) in [6.45, 7) is -0.311. The summed E-state index contributed by atoms with van der Waals surface area (Å²) in [5.41, 5.74) is 8.59. The predicted octanol–water partition coefficient (Wildman–Crippen LogP) is 3.89. The summed E-state index contributed by atoms with van der Waals surface area (Å²) in [6, 6.07) is 24.8. The predicted molar refractivity (Wildman–Crippen MR) is 107 cm³/mol. The molecule has 0 saturated heterocycles. The number of amides is 1. The van der Waals surface area contributed by atoms with Gasteiger partial charge < -0.3 is 15.9 Å². The Balaban J connectivity index is 1.67. The van der Waals surface area contributed by atoms with Crippen molar-refractivity contribution in [1.29, 1.82) is 0 Å². The number of hydrogen-bond donors (Lipinski definition) is 2. The third-order valence-corrected chi connectivity index (χ3v) is 4.06. The second-order valence-electron chi connectivity index (χ2n) is 6.10. The molecule has 0 radical (unpaired) electrons. The monoisotopic (exact) mass is 377 g/mol. The number of nitrogens with zero attached hydrogens (tertiary/aromatic N) is 1. The molecule has 5 nitrogen and oxygen atoms in total. The fraction of sp³-hybridized carbons (Fsp3) is 0.0909. The molecule has 0 aliphatic rings. The zero-order valence-electron chi connectivity index (χ0n) is 15.1. The summed E-state index contributed by atoms with van der Waals surface area (Å²) in [5, 5.41) is 6.54. The molecule has 3 N–H and O–H groups in total. The summed E-state index contributed by atoms with van der Waals surface area (Å²) in [6.07, 6.45) is 0. The molecular formula is C22H20FN3O2. The lowest BCUT2D eigenvalue weighted by Crippen LogP contribution is -2.24. The lowest BCUT2D eigenvalue weighted by Gasteiger charge is -2.17. The van der Waals surface area contributed by atoms with Gasteiger partial charge in [0, 0.05) is 5.69 Å². The van der Waals surface area contributed by atoms with Gasteiger partial charge in [-0.3, -0.25) is 4.79 Å². The zero-order chi connectivity index (χ0) is 19.8. The van der Waals surface area contributed by atoms with Crippen LogP contribution in [0.3, 0.4) is 0 Å². The van der Waals surface area contributed by atoms with Gasteiger partial charge in [-0.25, -0.2) is 4.39 Å². The second kappa shape index (κ2) is 9.32. The third-order valence-electron chi connectivity index (χ3n) is 4.06. The number of rotatable bonds is 7. The van der Waals surface area contributed by atoms with Crippen LogP contribution in [-0.4, -0.2) is 18.3 Å². The van der Waals surface area contributed by atoms with Crippen LogP contribution in [0.4, 0.5) is 10.1 Å². The van der Waals surface area contributed by atoms with Crippen molar-refractivity contribution < 1.29 is 14.0 Å². The first kappa shape index (κ1) is 19.1. The van der Waals surface area contributed by atoms with E-state index in [2.05, 4.69) is 10.5 Å².